The number of carbonyl (C=O) groups excluding carboxylic acids is 7. The molecule has 0 radical (unpaired) electrons. The molecule has 0 unspecified atom stereocenters. The molecule has 0 aliphatic carbocycles. The highest BCUT2D eigenvalue weighted by molar-refractivity contribution is 5.98. The molecule has 15 heteroatoms. The summed E-state index contributed by atoms with van der Waals surface area (Å²) in [6.07, 6.45) is 3.77. The lowest BCUT2D eigenvalue weighted by Crippen LogP contribution is -2.59. The highest BCUT2D eigenvalue weighted by atomic mass is 16.2. The standard InChI is InChI=1S/C37H44N8O7/c1-22-37(52)45-16-8-14-30(45)36(51)43-27(17-23-9-3-2-4-10-23)34(49)42-28(18-24-19-38-26-12-6-5-11-25(24)26)33(48)40-20-31(46)39-21-32(47)44-15-7-13-29(44)35(50)41-22/h2-6,9-12,19,22,27-30,38H,7-8,13-18,20-21H2,1H3,(H,39,46)(H,40,48)(H,41,50)(H,42,49)(H,43,51)/t22-,27-,28-,29-,30-/m0/s1. The van der Waals surface area contributed by atoms with E-state index < -0.39 is 84.6 Å². The normalized spacial score (nSPS) is 25.7. The van der Waals surface area contributed by atoms with Crippen molar-refractivity contribution in [2.75, 3.05) is 26.2 Å². The molecule has 6 N–H and O–H groups in total. The van der Waals surface area contributed by atoms with Crippen molar-refractivity contribution in [3.8, 4) is 0 Å². The molecule has 3 aromatic rings. The smallest absolute Gasteiger partial charge is 0.245 e. The Hall–Kier alpha value is -5.73. The molecular formula is C37H44N8O7. The van der Waals surface area contributed by atoms with Crippen molar-refractivity contribution in [3.05, 3.63) is 71.9 Å². The quantitative estimate of drug-likeness (QED) is 0.212. The molecule has 0 bridgehead atoms. The summed E-state index contributed by atoms with van der Waals surface area (Å²) in [5.41, 5.74) is 2.35. The predicted octanol–water partition coefficient (Wildman–Crippen LogP) is -0.345. The van der Waals surface area contributed by atoms with Crippen molar-refractivity contribution in [1.29, 1.82) is 0 Å². The second kappa shape index (κ2) is 16.1. The van der Waals surface area contributed by atoms with Gasteiger partial charge in [0.2, 0.25) is 41.4 Å². The van der Waals surface area contributed by atoms with Crippen molar-refractivity contribution in [2.24, 2.45) is 0 Å². The fourth-order valence-corrected chi connectivity index (χ4v) is 7.22. The van der Waals surface area contributed by atoms with Gasteiger partial charge in [-0.2, -0.15) is 0 Å². The number of hydrogen-bond donors (Lipinski definition) is 6. The van der Waals surface area contributed by atoms with E-state index in [1.807, 2.05) is 54.6 Å². The molecule has 3 fully saturated rings. The van der Waals surface area contributed by atoms with Crippen LogP contribution in [0.4, 0.5) is 0 Å². The lowest BCUT2D eigenvalue weighted by Gasteiger charge is -2.30. The zero-order chi connectivity index (χ0) is 36.8. The number of carbonyl (C=O) groups is 7. The largest absolute Gasteiger partial charge is 0.361 e. The zero-order valence-electron chi connectivity index (χ0n) is 29.0. The number of hydrogen-bond acceptors (Lipinski definition) is 7. The SMILES string of the molecule is C[C@@H]1NC(=O)[C@@H]2CCCN2C(=O)CNC(=O)CNC(=O)[C@H](Cc2c[nH]c3ccccc23)NC(=O)[C@H](Cc2ccccc2)NC(=O)[C@@H]2CCCN2C1=O. The Labute approximate surface area is 300 Å². The average Bonchev–Trinajstić information content (AvgIpc) is 3.93. The fourth-order valence-electron chi connectivity index (χ4n) is 7.22. The molecule has 3 saturated heterocycles. The maximum Gasteiger partial charge on any atom is 0.245 e. The van der Waals surface area contributed by atoms with Crippen LogP contribution in [-0.4, -0.2) is 113 Å². The van der Waals surface area contributed by atoms with Crippen LogP contribution in [0.1, 0.15) is 43.7 Å². The number of amides is 7. The number of aromatic nitrogens is 1. The second-order valence-corrected chi connectivity index (χ2v) is 13.5. The summed E-state index contributed by atoms with van der Waals surface area (Å²) in [5, 5.41) is 14.3. The first-order valence-electron chi connectivity index (χ1n) is 17.7. The van der Waals surface area contributed by atoms with E-state index in [0.29, 0.717) is 32.2 Å². The van der Waals surface area contributed by atoms with Crippen molar-refractivity contribution in [2.45, 2.75) is 75.7 Å². The van der Waals surface area contributed by atoms with E-state index in [0.717, 1.165) is 22.0 Å². The Kier molecular flexibility index (Phi) is 11.2. The number of nitrogens with zero attached hydrogens (tertiary/aromatic N) is 2. The maximum atomic E-state index is 14.1. The molecule has 3 aliphatic heterocycles. The van der Waals surface area contributed by atoms with Gasteiger partial charge in [-0.05, 0) is 49.8 Å². The minimum absolute atomic E-state index is 0.0634. The predicted molar refractivity (Wildman–Crippen MR) is 189 cm³/mol. The van der Waals surface area contributed by atoms with E-state index in [-0.39, 0.29) is 19.4 Å². The lowest BCUT2D eigenvalue weighted by molar-refractivity contribution is -0.143. The molecule has 1 aromatic heterocycles. The summed E-state index contributed by atoms with van der Waals surface area (Å²) in [4.78, 5) is 101. The van der Waals surface area contributed by atoms with E-state index in [4.69, 9.17) is 0 Å². The van der Waals surface area contributed by atoms with Gasteiger partial charge in [0.15, 0.2) is 0 Å². The van der Waals surface area contributed by atoms with E-state index in [1.165, 1.54) is 16.7 Å². The van der Waals surface area contributed by atoms with Crippen LogP contribution in [-0.2, 0) is 46.4 Å². The van der Waals surface area contributed by atoms with Crippen molar-refractivity contribution >= 4 is 52.3 Å². The highest BCUT2D eigenvalue weighted by Gasteiger charge is 2.40. The molecule has 0 spiro atoms. The monoisotopic (exact) mass is 712 g/mol. The van der Waals surface area contributed by atoms with Crippen molar-refractivity contribution < 1.29 is 33.6 Å². The third-order valence-corrected chi connectivity index (χ3v) is 9.95. The van der Waals surface area contributed by atoms with Gasteiger partial charge in [-0.1, -0.05) is 48.5 Å². The molecule has 0 saturated carbocycles. The third kappa shape index (κ3) is 8.24. The van der Waals surface area contributed by atoms with Crippen LogP contribution >= 0.6 is 0 Å². The van der Waals surface area contributed by atoms with E-state index in [9.17, 15) is 33.6 Å². The third-order valence-electron chi connectivity index (χ3n) is 9.95. The van der Waals surface area contributed by atoms with Gasteiger partial charge in [0.1, 0.15) is 30.2 Å². The minimum Gasteiger partial charge on any atom is -0.361 e. The summed E-state index contributed by atoms with van der Waals surface area (Å²) in [6, 6.07) is 11.6. The second-order valence-electron chi connectivity index (χ2n) is 13.5. The number of aromatic amines is 1. The van der Waals surface area contributed by atoms with Gasteiger partial charge in [0.05, 0.1) is 13.1 Å². The van der Waals surface area contributed by atoms with Gasteiger partial charge in [-0.3, -0.25) is 33.6 Å². The summed E-state index contributed by atoms with van der Waals surface area (Å²) in [7, 11) is 0. The Morgan fingerprint density at radius 3 is 2.06 bits per heavy atom. The van der Waals surface area contributed by atoms with Crippen molar-refractivity contribution in [3.63, 3.8) is 0 Å². The summed E-state index contributed by atoms with van der Waals surface area (Å²) >= 11 is 0. The van der Waals surface area contributed by atoms with Gasteiger partial charge in [0, 0.05) is 43.0 Å². The summed E-state index contributed by atoms with van der Waals surface area (Å²) in [6.45, 7) is 1.26. The molecule has 5 atom stereocenters. The molecule has 3 aliphatic rings. The molecular weight excluding hydrogens is 668 g/mol. The van der Waals surface area contributed by atoms with Gasteiger partial charge >= 0.3 is 0 Å². The Balaban J connectivity index is 1.30. The van der Waals surface area contributed by atoms with Crippen LogP contribution in [0.15, 0.2) is 60.8 Å². The van der Waals surface area contributed by atoms with Crippen LogP contribution in [0, 0.1) is 0 Å². The van der Waals surface area contributed by atoms with Crippen LogP contribution in [0.3, 0.4) is 0 Å². The van der Waals surface area contributed by atoms with E-state index >= 15 is 0 Å². The van der Waals surface area contributed by atoms with Gasteiger partial charge < -0.3 is 41.4 Å². The Morgan fingerprint density at radius 2 is 1.29 bits per heavy atom. The Morgan fingerprint density at radius 1 is 0.654 bits per heavy atom. The molecule has 6 rings (SSSR count). The molecule has 2 aromatic carbocycles. The maximum absolute atomic E-state index is 14.1. The minimum atomic E-state index is -1.15. The number of nitrogens with one attached hydrogen (secondary N) is 6. The van der Waals surface area contributed by atoms with Gasteiger partial charge in [-0.25, -0.2) is 0 Å². The summed E-state index contributed by atoms with van der Waals surface area (Å²) < 4.78 is 0. The average molecular weight is 713 g/mol. The molecule has 274 valence electrons. The number of para-hydroxylation sites is 1. The topological polar surface area (TPSA) is 202 Å². The summed E-state index contributed by atoms with van der Waals surface area (Å²) in [5.74, 6) is -3.89. The number of fused-ring (bicyclic) bond motifs is 3. The van der Waals surface area contributed by atoms with E-state index in [1.54, 1.807) is 6.20 Å². The fraction of sp³-hybridized carbons (Fsp3) is 0.432. The van der Waals surface area contributed by atoms with Crippen molar-refractivity contribution in [1.82, 2.24) is 41.4 Å². The van der Waals surface area contributed by atoms with Crippen LogP contribution < -0.4 is 26.6 Å². The number of benzene rings is 2. The lowest BCUT2D eigenvalue weighted by atomic mass is 10.0. The zero-order valence-corrected chi connectivity index (χ0v) is 29.0. The van der Waals surface area contributed by atoms with Crippen LogP contribution in [0.2, 0.25) is 0 Å². The van der Waals surface area contributed by atoms with Crippen LogP contribution in [0.25, 0.3) is 10.9 Å². The molecule has 15 nitrogen and oxygen atoms in total. The van der Waals surface area contributed by atoms with Crippen LogP contribution in [0.5, 0.6) is 0 Å². The molecule has 7 amide bonds. The molecule has 4 heterocycles. The highest BCUT2D eigenvalue weighted by Crippen LogP contribution is 2.22. The number of H-pyrrole nitrogens is 1. The van der Waals surface area contributed by atoms with E-state index in [2.05, 4.69) is 31.6 Å². The number of rotatable bonds is 4. The molecule has 52 heavy (non-hydrogen) atoms. The Bertz CT molecular complexity index is 1850. The van der Waals surface area contributed by atoms with Gasteiger partial charge in [0.25, 0.3) is 0 Å². The first-order chi connectivity index (χ1) is 25.1. The van der Waals surface area contributed by atoms with Gasteiger partial charge in [-0.15, -0.1) is 0 Å². The first-order valence-corrected chi connectivity index (χ1v) is 17.7. The first kappa shape index (κ1) is 36.1.